The van der Waals surface area contributed by atoms with Gasteiger partial charge in [0.05, 0.1) is 39.8 Å². The van der Waals surface area contributed by atoms with Crippen LogP contribution in [0, 0.1) is 6.92 Å². The molecule has 0 saturated heterocycles. The summed E-state index contributed by atoms with van der Waals surface area (Å²) in [4.78, 5) is 35.4. The number of carbonyl (C=O) groups is 2. The molecular weight excluding hydrogens is 549 g/mol. The first-order valence-corrected chi connectivity index (χ1v) is 13.4. The summed E-state index contributed by atoms with van der Waals surface area (Å²) < 4.78 is 62.9. The van der Waals surface area contributed by atoms with E-state index in [0.29, 0.717) is 22.3 Å². The Morgan fingerprint density at radius 3 is 2.45 bits per heavy atom. The SMILES string of the molecule is CC(=O)OCCN(C(=O)n1c([S@@](=O)Cc2nccc(OCC(F)(F)F)c2C)nc2ccccc21)c1ccccc1. The van der Waals surface area contributed by atoms with Crippen molar-refractivity contribution in [3.8, 4) is 5.75 Å². The number of alkyl halides is 3. The number of amides is 1. The van der Waals surface area contributed by atoms with Crippen molar-refractivity contribution in [2.75, 3.05) is 24.7 Å². The smallest absolute Gasteiger partial charge is 0.422 e. The van der Waals surface area contributed by atoms with Crippen LogP contribution in [0.15, 0.2) is 72.0 Å². The van der Waals surface area contributed by atoms with Crippen molar-refractivity contribution in [1.29, 1.82) is 0 Å². The highest BCUT2D eigenvalue weighted by Crippen LogP contribution is 2.27. The van der Waals surface area contributed by atoms with Gasteiger partial charge in [-0.25, -0.2) is 14.3 Å². The van der Waals surface area contributed by atoms with E-state index in [4.69, 9.17) is 9.47 Å². The summed E-state index contributed by atoms with van der Waals surface area (Å²) in [5.74, 6) is -0.769. The van der Waals surface area contributed by atoms with Gasteiger partial charge in [-0.3, -0.25) is 18.9 Å². The average molecular weight is 575 g/mol. The molecule has 40 heavy (non-hydrogen) atoms. The van der Waals surface area contributed by atoms with E-state index < -0.39 is 35.6 Å². The second-order valence-electron chi connectivity index (χ2n) is 8.60. The third kappa shape index (κ3) is 6.84. The normalized spacial score (nSPS) is 12.2. The molecule has 4 rings (SSSR count). The predicted molar refractivity (Wildman–Crippen MR) is 142 cm³/mol. The van der Waals surface area contributed by atoms with Crippen LogP contribution in [0.1, 0.15) is 18.2 Å². The molecule has 0 aliphatic heterocycles. The van der Waals surface area contributed by atoms with Crippen molar-refractivity contribution in [1.82, 2.24) is 14.5 Å². The molecule has 0 saturated carbocycles. The van der Waals surface area contributed by atoms with Crippen LogP contribution in [-0.2, 0) is 26.1 Å². The Hall–Kier alpha value is -4.26. The Bertz CT molecular complexity index is 1540. The largest absolute Gasteiger partial charge is 0.484 e. The minimum Gasteiger partial charge on any atom is -0.484 e. The summed E-state index contributed by atoms with van der Waals surface area (Å²) in [7, 11) is -1.95. The summed E-state index contributed by atoms with van der Waals surface area (Å²) in [5, 5.41) is -0.0672. The lowest BCUT2D eigenvalue weighted by Gasteiger charge is -2.23. The number of hydrogen-bond donors (Lipinski definition) is 0. The van der Waals surface area contributed by atoms with Crippen LogP contribution in [0.4, 0.5) is 23.7 Å². The number of aromatic nitrogens is 3. The number of pyridine rings is 1. The number of esters is 1. The lowest BCUT2D eigenvalue weighted by Crippen LogP contribution is -2.38. The standard InChI is InChI=1S/C27H25F3N4O5S/c1-18-22(31-13-12-24(18)39-17-27(28,29)30)16-40(37)25-32-21-10-6-7-11-23(21)34(25)26(36)33(14-15-38-19(2)35)20-8-4-3-5-9-20/h3-13H,14-17H2,1-2H3/t40-/m0/s1. The number of imidazole rings is 1. The van der Waals surface area contributed by atoms with Gasteiger partial charge < -0.3 is 9.47 Å². The number of ether oxygens (including phenoxy) is 2. The van der Waals surface area contributed by atoms with E-state index in [0.717, 1.165) is 0 Å². The number of halogens is 3. The number of fused-ring (bicyclic) bond motifs is 1. The quantitative estimate of drug-likeness (QED) is 0.259. The van der Waals surface area contributed by atoms with Gasteiger partial charge in [0, 0.05) is 24.4 Å². The van der Waals surface area contributed by atoms with Crippen LogP contribution in [-0.4, -0.2) is 56.7 Å². The molecule has 2 aromatic heterocycles. The van der Waals surface area contributed by atoms with E-state index in [9.17, 15) is 27.0 Å². The Morgan fingerprint density at radius 1 is 1.05 bits per heavy atom. The van der Waals surface area contributed by atoms with E-state index in [2.05, 4.69) is 9.97 Å². The minimum absolute atomic E-state index is 0.0141. The Labute approximate surface area is 230 Å². The number of nitrogens with zero attached hydrogens (tertiary/aromatic N) is 4. The highest BCUT2D eigenvalue weighted by atomic mass is 32.2. The summed E-state index contributed by atoms with van der Waals surface area (Å²) in [6.07, 6.45) is -3.25. The molecular formula is C27H25F3N4O5S. The van der Waals surface area contributed by atoms with Crippen molar-refractivity contribution in [3.63, 3.8) is 0 Å². The topological polar surface area (TPSA) is 104 Å². The second-order valence-corrected chi connectivity index (χ2v) is 9.95. The molecule has 0 fully saturated rings. The fourth-order valence-corrected chi connectivity index (χ4v) is 5.14. The summed E-state index contributed by atoms with van der Waals surface area (Å²) >= 11 is 0. The Kier molecular flexibility index (Phi) is 8.83. The van der Waals surface area contributed by atoms with E-state index in [-0.39, 0.29) is 35.5 Å². The van der Waals surface area contributed by atoms with Crippen LogP contribution in [0.2, 0.25) is 0 Å². The van der Waals surface area contributed by atoms with Crippen LogP contribution < -0.4 is 9.64 Å². The molecule has 13 heteroatoms. The van der Waals surface area contributed by atoms with E-state index in [1.54, 1.807) is 54.6 Å². The van der Waals surface area contributed by atoms with Gasteiger partial charge in [-0.1, -0.05) is 30.3 Å². The number of para-hydroxylation sites is 3. The zero-order chi connectivity index (χ0) is 28.9. The second kappa shape index (κ2) is 12.3. The molecule has 210 valence electrons. The zero-order valence-electron chi connectivity index (χ0n) is 21.6. The van der Waals surface area contributed by atoms with E-state index >= 15 is 0 Å². The molecule has 0 spiro atoms. The van der Waals surface area contributed by atoms with Gasteiger partial charge in [0.2, 0.25) is 5.16 Å². The lowest BCUT2D eigenvalue weighted by atomic mass is 10.2. The summed E-state index contributed by atoms with van der Waals surface area (Å²) in [5.41, 5.74) is 1.86. The molecule has 0 aliphatic carbocycles. The lowest BCUT2D eigenvalue weighted by molar-refractivity contribution is -0.153. The van der Waals surface area contributed by atoms with Gasteiger partial charge in [0.1, 0.15) is 12.4 Å². The van der Waals surface area contributed by atoms with Crippen LogP contribution in [0.25, 0.3) is 11.0 Å². The molecule has 9 nitrogen and oxygen atoms in total. The van der Waals surface area contributed by atoms with Gasteiger partial charge in [-0.05, 0) is 37.3 Å². The molecule has 0 unspecified atom stereocenters. The average Bonchev–Trinajstić information content (AvgIpc) is 3.31. The number of benzene rings is 2. The molecule has 2 heterocycles. The fourth-order valence-electron chi connectivity index (χ4n) is 3.90. The summed E-state index contributed by atoms with van der Waals surface area (Å²) in [6.45, 7) is 1.24. The molecule has 1 atom stereocenters. The molecule has 0 bridgehead atoms. The molecule has 1 amide bonds. The first kappa shape index (κ1) is 28.7. The highest BCUT2D eigenvalue weighted by molar-refractivity contribution is 7.84. The molecule has 0 radical (unpaired) electrons. The maximum atomic E-state index is 14.0. The number of rotatable bonds is 9. The number of anilines is 1. The third-order valence-electron chi connectivity index (χ3n) is 5.76. The highest BCUT2D eigenvalue weighted by Gasteiger charge is 2.30. The van der Waals surface area contributed by atoms with E-state index in [1.165, 1.54) is 35.6 Å². The monoisotopic (exact) mass is 574 g/mol. The van der Waals surface area contributed by atoms with Gasteiger partial charge in [0.15, 0.2) is 6.61 Å². The van der Waals surface area contributed by atoms with Crippen molar-refractivity contribution in [3.05, 3.63) is 78.1 Å². The zero-order valence-corrected chi connectivity index (χ0v) is 22.4. The van der Waals surface area contributed by atoms with E-state index in [1.807, 2.05) is 0 Å². The predicted octanol–water partition coefficient (Wildman–Crippen LogP) is 5.03. The Morgan fingerprint density at radius 2 is 1.75 bits per heavy atom. The maximum absolute atomic E-state index is 14.0. The first-order chi connectivity index (χ1) is 19.0. The fraction of sp³-hybridized carbons (Fsp3) is 0.259. The van der Waals surface area contributed by atoms with Crippen LogP contribution >= 0.6 is 0 Å². The van der Waals surface area contributed by atoms with Crippen molar-refractivity contribution in [2.24, 2.45) is 0 Å². The Balaban J connectivity index is 1.70. The van der Waals surface area contributed by atoms with Crippen molar-refractivity contribution < 1.29 is 36.4 Å². The number of carbonyl (C=O) groups excluding carboxylic acids is 2. The first-order valence-electron chi connectivity index (χ1n) is 12.1. The summed E-state index contributed by atoms with van der Waals surface area (Å²) in [6, 6.07) is 16.2. The van der Waals surface area contributed by atoms with Gasteiger partial charge >= 0.3 is 18.2 Å². The van der Waals surface area contributed by atoms with Crippen LogP contribution in [0.5, 0.6) is 5.75 Å². The van der Waals surface area contributed by atoms with Gasteiger partial charge in [-0.15, -0.1) is 0 Å². The van der Waals surface area contributed by atoms with Crippen LogP contribution in [0.3, 0.4) is 0 Å². The van der Waals surface area contributed by atoms with Crippen molar-refractivity contribution >= 4 is 39.5 Å². The molecule has 2 aromatic carbocycles. The molecule has 0 aliphatic rings. The molecule has 4 aromatic rings. The molecule has 0 N–H and O–H groups in total. The van der Waals surface area contributed by atoms with Gasteiger partial charge in [-0.2, -0.15) is 13.2 Å². The third-order valence-corrected chi connectivity index (χ3v) is 6.98. The van der Waals surface area contributed by atoms with Crippen molar-refractivity contribution in [2.45, 2.75) is 30.9 Å². The minimum atomic E-state index is -4.52. The van der Waals surface area contributed by atoms with Gasteiger partial charge in [0.25, 0.3) is 0 Å². The maximum Gasteiger partial charge on any atom is 0.422 e. The number of hydrogen-bond acceptors (Lipinski definition) is 7.